The van der Waals surface area contributed by atoms with Crippen molar-refractivity contribution in [3.63, 3.8) is 0 Å². The zero-order valence-electron chi connectivity index (χ0n) is 12.8. The maximum absolute atomic E-state index is 11.9. The third kappa shape index (κ3) is 7.11. The van der Waals surface area contributed by atoms with Gasteiger partial charge in [-0.25, -0.2) is 0 Å². The summed E-state index contributed by atoms with van der Waals surface area (Å²) in [6.07, 6.45) is 1.00. The van der Waals surface area contributed by atoms with Gasteiger partial charge < -0.3 is 16.4 Å². The fourth-order valence-electron chi connectivity index (χ4n) is 1.66. The van der Waals surface area contributed by atoms with Crippen molar-refractivity contribution in [3.8, 4) is 0 Å². The fraction of sp³-hybridized carbons (Fsp3) is 0.467. The van der Waals surface area contributed by atoms with E-state index in [1.807, 2.05) is 13.8 Å². The third-order valence-corrected chi connectivity index (χ3v) is 3.09. The van der Waals surface area contributed by atoms with Crippen LogP contribution in [0.3, 0.4) is 0 Å². The maximum Gasteiger partial charge on any atom is 0.252 e. The quantitative estimate of drug-likeness (QED) is 0.708. The molecule has 0 atom stereocenters. The summed E-state index contributed by atoms with van der Waals surface area (Å²) in [4.78, 5) is 23.5. The van der Waals surface area contributed by atoms with Crippen LogP contribution in [0.2, 0.25) is 5.02 Å². The Labute approximate surface area is 142 Å². The predicted octanol–water partition coefficient (Wildman–Crippen LogP) is 2.83. The highest BCUT2D eigenvalue weighted by Gasteiger charge is 2.12. The van der Waals surface area contributed by atoms with Crippen molar-refractivity contribution in [2.75, 3.05) is 18.4 Å². The number of hydrogen-bond donors (Lipinski definition) is 3. The molecule has 4 N–H and O–H groups in total. The lowest BCUT2D eigenvalue weighted by molar-refractivity contribution is -0.116. The van der Waals surface area contributed by atoms with E-state index < -0.39 is 0 Å². The number of nitrogens with one attached hydrogen (secondary N) is 2. The van der Waals surface area contributed by atoms with Gasteiger partial charge in [-0.1, -0.05) is 25.4 Å². The summed E-state index contributed by atoms with van der Waals surface area (Å²) in [6, 6.07) is 4.85. The SMILES string of the molecule is CC(C)CNC(=O)c1ccc(NC(=O)CCCN)cc1Cl.Cl. The minimum absolute atomic E-state index is 0. The van der Waals surface area contributed by atoms with E-state index in [4.69, 9.17) is 17.3 Å². The number of nitrogens with two attached hydrogens (primary N) is 1. The minimum Gasteiger partial charge on any atom is -0.352 e. The van der Waals surface area contributed by atoms with Gasteiger partial charge in [0.05, 0.1) is 10.6 Å². The number of hydrogen-bond acceptors (Lipinski definition) is 3. The maximum atomic E-state index is 11.9. The van der Waals surface area contributed by atoms with Crippen LogP contribution < -0.4 is 16.4 Å². The van der Waals surface area contributed by atoms with Gasteiger partial charge in [0.15, 0.2) is 0 Å². The van der Waals surface area contributed by atoms with Gasteiger partial charge in [0.25, 0.3) is 5.91 Å². The Morgan fingerprint density at radius 1 is 1.32 bits per heavy atom. The van der Waals surface area contributed by atoms with Gasteiger partial charge in [0.2, 0.25) is 5.91 Å². The molecule has 22 heavy (non-hydrogen) atoms. The number of halogens is 2. The molecule has 0 saturated heterocycles. The Balaban J connectivity index is 0.00000441. The van der Waals surface area contributed by atoms with Crippen molar-refractivity contribution in [2.24, 2.45) is 11.7 Å². The molecule has 2 amide bonds. The average Bonchev–Trinajstić information content (AvgIpc) is 2.42. The van der Waals surface area contributed by atoms with Crippen LogP contribution in [0.15, 0.2) is 18.2 Å². The number of carbonyl (C=O) groups is 2. The van der Waals surface area contributed by atoms with E-state index in [-0.39, 0.29) is 24.2 Å². The number of carbonyl (C=O) groups excluding carboxylic acids is 2. The number of anilines is 1. The van der Waals surface area contributed by atoms with Crippen molar-refractivity contribution in [1.29, 1.82) is 0 Å². The van der Waals surface area contributed by atoms with Gasteiger partial charge in [0.1, 0.15) is 0 Å². The predicted molar refractivity (Wildman–Crippen MR) is 92.8 cm³/mol. The second kappa shape index (κ2) is 10.4. The lowest BCUT2D eigenvalue weighted by atomic mass is 10.1. The van der Waals surface area contributed by atoms with Crippen LogP contribution in [0.5, 0.6) is 0 Å². The Bertz CT molecular complexity index is 508. The van der Waals surface area contributed by atoms with Gasteiger partial charge in [-0.2, -0.15) is 0 Å². The van der Waals surface area contributed by atoms with E-state index >= 15 is 0 Å². The van der Waals surface area contributed by atoms with Crippen LogP contribution in [-0.4, -0.2) is 24.9 Å². The monoisotopic (exact) mass is 347 g/mol. The molecule has 1 aromatic carbocycles. The number of rotatable bonds is 7. The molecule has 0 saturated carbocycles. The standard InChI is InChI=1S/C15H22ClN3O2.ClH/c1-10(2)9-18-15(21)12-6-5-11(8-13(12)16)19-14(20)4-3-7-17;/h5-6,8,10H,3-4,7,9,17H2,1-2H3,(H,18,21)(H,19,20);1H. The highest BCUT2D eigenvalue weighted by Crippen LogP contribution is 2.21. The zero-order valence-corrected chi connectivity index (χ0v) is 14.4. The number of amides is 2. The molecule has 0 aromatic heterocycles. The van der Waals surface area contributed by atoms with Crippen molar-refractivity contribution in [2.45, 2.75) is 26.7 Å². The summed E-state index contributed by atoms with van der Waals surface area (Å²) in [7, 11) is 0. The Hall–Kier alpha value is -1.30. The van der Waals surface area contributed by atoms with E-state index in [0.29, 0.717) is 48.1 Å². The van der Waals surface area contributed by atoms with Gasteiger partial charge in [-0.15, -0.1) is 12.4 Å². The molecule has 0 radical (unpaired) electrons. The van der Waals surface area contributed by atoms with Crippen LogP contribution in [0.25, 0.3) is 0 Å². The van der Waals surface area contributed by atoms with E-state index in [2.05, 4.69) is 10.6 Å². The van der Waals surface area contributed by atoms with E-state index in [1.165, 1.54) is 0 Å². The van der Waals surface area contributed by atoms with Gasteiger partial charge in [0, 0.05) is 18.7 Å². The van der Waals surface area contributed by atoms with E-state index in [1.54, 1.807) is 18.2 Å². The molecule has 1 rings (SSSR count). The van der Waals surface area contributed by atoms with Gasteiger partial charge in [-0.3, -0.25) is 9.59 Å². The lowest BCUT2D eigenvalue weighted by Gasteiger charge is -2.10. The van der Waals surface area contributed by atoms with Crippen molar-refractivity contribution >= 4 is 41.5 Å². The van der Waals surface area contributed by atoms with Crippen LogP contribution in [0.4, 0.5) is 5.69 Å². The second-order valence-corrected chi connectivity index (χ2v) is 5.65. The normalized spacial score (nSPS) is 10.0. The highest BCUT2D eigenvalue weighted by atomic mass is 35.5. The molecule has 0 aliphatic rings. The highest BCUT2D eigenvalue weighted by molar-refractivity contribution is 6.34. The second-order valence-electron chi connectivity index (χ2n) is 5.24. The Morgan fingerprint density at radius 2 is 2.00 bits per heavy atom. The molecular formula is C15H23Cl2N3O2. The first-order valence-corrected chi connectivity index (χ1v) is 7.39. The topological polar surface area (TPSA) is 84.2 Å². The summed E-state index contributed by atoms with van der Waals surface area (Å²) in [5, 5.41) is 5.84. The molecule has 0 heterocycles. The molecule has 1 aromatic rings. The Kier molecular flexibility index (Phi) is 9.81. The fourth-order valence-corrected chi connectivity index (χ4v) is 1.92. The van der Waals surface area contributed by atoms with Gasteiger partial charge in [-0.05, 0) is 37.1 Å². The molecule has 5 nitrogen and oxygen atoms in total. The molecule has 0 aliphatic carbocycles. The van der Waals surface area contributed by atoms with Crippen LogP contribution in [0.1, 0.15) is 37.0 Å². The largest absolute Gasteiger partial charge is 0.352 e. The first kappa shape index (κ1) is 20.7. The van der Waals surface area contributed by atoms with Gasteiger partial charge >= 0.3 is 0 Å². The molecule has 0 unspecified atom stereocenters. The van der Waals surface area contributed by atoms with Crippen molar-refractivity contribution in [3.05, 3.63) is 28.8 Å². The van der Waals surface area contributed by atoms with Crippen LogP contribution >= 0.6 is 24.0 Å². The minimum atomic E-state index is -0.213. The molecule has 0 aliphatic heterocycles. The Morgan fingerprint density at radius 3 is 2.55 bits per heavy atom. The average molecular weight is 348 g/mol. The van der Waals surface area contributed by atoms with E-state index in [9.17, 15) is 9.59 Å². The van der Waals surface area contributed by atoms with Crippen molar-refractivity contribution in [1.82, 2.24) is 5.32 Å². The number of benzene rings is 1. The van der Waals surface area contributed by atoms with Crippen LogP contribution in [-0.2, 0) is 4.79 Å². The molecule has 124 valence electrons. The zero-order chi connectivity index (χ0) is 15.8. The molecule has 7 heteroatoms. The van der Waals surface area contributed by atoms with E-state index in [0.717, 1.165) is 0 Å². The molecule has 0 spiro atoms. The third-order valence-electron chi connectivity index (χ3n) is 2.78. The first-order chi connectivity index (χ1) is 9.93. The summed E-state index contributed by atoms with van der Waals surface area (Å²) < 4.78 is 0. The molecule has 0 bridgehead atoms. The molecule has 0 fully saturated rings. The van der Waals surface area contributed by atoms with Crippen molar-refractivity contribution < 1.29 is 9.59 Å². The lowest BCUT2D eigenvalue weighted by Crippen LogP contribution is -2.27. The summed E-state index contributed by atoms with van der Waals surface area (Å²) in [6.45, 7) is 5.10. The summed E-state index contributed by atoms with van der Waals surface area (Å²) in [5.74, 6) is 0.0390. The summed E-state index contributed by atoms with van der Waals surface area (Å²) in [5.41, 5.74) is 6.32. The summed E-state index contributed by atoms with van der Waals surface area (Å²) >= 11 is 6.10. The van der Waals surface area contributed by atoms with Crippen LogP contribution in [0, 0.1) is 5.92 Å². The first-order valence-electron chi connectivity index (χ1n) is 7.01. The smallest absolute Gasteiger partial charge is 0.252 e. The molecular weight excluding hydrogens is 325 g/mol.